The highest BCUT2D eigenvalue weighted by atomic mass is 16.5. The van der Waals surface area contributed by atoms with Gasteiger partial charge in [-0.3, -0.25) is 9.97 Å². The third kappa shape index (κ3) is 3.60. The maximum Gasteiger partial charge on any atom is 0.163 e. The predicted molar refractivity (Wildman–Crippen MR) is 94.1 cm³/mol. The molecule has 0 amide bonds. The van der Waals surface area contributed by atoms with Crippen LogP contribution in [-0.2, 0) is 6.61 Å². The van der Waals surface area contributed by atoms with Gasteiger partial charge in [-0.1, -0.05) is 6.07 Å². The molecule has 3 aromatic rings. The molecule has 6 nitrogen and oxygen atoms in total. The molecule has 0 aliphatic carbocycles. The Hall–Kier alpha value is -3.12. The molecule has 2 atom stereocenters. The number of aliphatic hydroxyl groups is 1. The lowest BCUT2D eigenvalue weighted by atomic mass is 10.0. The Morgan fingerprint density at radius 3 is 2.65 bits per heavy atom. The maximum atomic E-state index is 10.7. The van der Waals surface area contributed by atoms with E-state index < -0.39 is 12.2 Å². The summed E-state index contributed by atoms with van der Waals surface area (Å²) < 4.78 is 17.3. The Morgan fingerprint density at radius 1 is 1.04 bits per heavy atom. The summed E-state index contributed by atoms with van der Waals surface area (Å²) in [6, 6.07) is 12.8. The Kier molecular flexibility index (Phi) is 4.66. The van der Waals surface area contributed by atoms with Gasteiger partial charge < -0.3 is 19.3 Å². The van der Waals surface area contributed by atoms with Crippen molar-refractivity contribution in [3.05, 3.63) is 78.4 Å². The van der Waals surface area contributed by atoms with Gasteiger partial charge in [-0.2, -0.15) is 0 Å². The number of pyridine rings is 2. The minimum atomic E-state index is -0.819. The number of rotatable bonds is 5. The zero-order chi connectivity index (χ0) is 17.8. The number of hydrogen-bond donors (Lipinski definition) is 1. The second-order valence-corrected chi connectivity index (χ2v) is 5.95. The van der Waals surface area contributed by atoms with Gasteiger partial charge in [0.25, 0.3) is 0 Å². The quantitative estimate of drug-likeness (QED) is 0.763. The van der Waals surface area contributed by atoms with E-state index in [1.165, 1.54) is 0 Å². The molecule has 0 fully saturated rings. The molecule has 2 aromatic heterocycles. The average molecular weight is 350 g/mol. The number of ether oxygens (including phenoxy) is 3. The summed E-state index contributed by atoms with van der Waals surface area (Å²) in [4.78, 5) is 8.08. The summed E-state index contributed by atoms with van der Waals surface area (Å²) in [5, 5.41) is 10.7. The van der Waals surface area contributed by atoms with Gasteiger partial charge in [-0.05, 0) is 36.4 Å². The monoisotopic (exact) mass is 350 g/mol. The van der Waals surface area contributed by atoms with E-state index in [2.05, 4.69) is 9.97 Å². The van der Waals surface area contributed by atoms with Crippen LogP contribution in [0.5, 0.6) is 17.2 Å². The van der Waals surface area contributed by atoms with Crippen LogP contribution in [0.1, 0.15) is 17.2 Å². The number of aromatic nitrogens is 2. The molecule has 0 spiro atoms. The molecule has 0 saturated heterocycles. The predicted octanol–water partition coefficient (Wildman–Crippen LogP) is 2.93. The van der Waals surface area contributed by atoms with Gasteiger partial charge in [-0.15, -0.1) is 0 Å². The summed E-state index contributed by atoms with van der Waals surface area (Å²) in [6.07, 6.45) is 5.42. The van der Waals surface area contributed by atoms with Crippen LogP contribution in [-0.4, -0.2) is 27.8 Å². The number of nitrogens with zero attached hydrogens (tertiary/aromatic N) is 2. The number of aliphatic hydroxyl groups excluding tert-OH is 1. The topological polar surface area (TPSA) is 73.7 Å². The van der Waals surface area contributed by atoms with Crippen LogP contribution in [0.2, 0.25) is 0 Å². The molecule has 1 aliphatic rings. The first-order valence-corrected chi connectivity index (χ1v) is 8.33. The summed E-state index contributed by atoms with van der Waals surface area (Å²) >= 11 is 0. The van der Waals surface area contributed by atoms with Crippen LogP contribution in [0, 0.1) is 0 Å². The normalized spacial score (nSPS) is 18.5. The fourth-order valence-electron chi connectivity index (χ4n) is 2.78. The fourth-order valence-corrected chi connectivity index (χ4v) is 2.78. The van der Waals surface area contributed by atoms with Crippen LogP contribution in [0.15, 0.2) is 67.3 Å². The molecule has 1 aromatic carbocycles. The van der Waals surface area contributed by atoms with Crippen molar-refractivity contribution in [2.24, 2.45) is 0 Å². The van der Waals surface area contributed by atoms with Crippen molar-refractivity contribution >= 4 is 0 Å². The summed E-state index contributed by atoms with van der Waals surface area (Å²) in [7, 11) is 0. The van der Waals surface area contributed by atoms with Crippen LogP contribution in [0.3, 0.4) is 0 Å². The van der Waals surface area contributed by atoms with Crippen molar-refractivity contribution in [1.82, 2.24) is 9.97 Å². The zero-order valence-electron chi connectivity index (χ0n) is 14.0. The number of fused-ring (bicyclic) bond motifs is 1. The van der Waals surface area contributed by atoms with E-state index in [0.29, 0.717) is 29.4 Å². The largest absolute Gasteiger partial charge is 0.489 e. The van der Waals surface area contributed by atoms with Crippen molar-refractivity contribution in [2.45, 2.75) is 18.8 Å². The van der Waals surface area contributed by atoms with Crippen LogP contribution < -0.4 is 14.2 Å². The number of hydrogen-bond acceptors (Lipinski definition) is 6. The average Bonchev–Trinajstić information content (AvgIpc) is 2.70. The van der Waals surface area contributed by atoms with Crippen molar-refractivity contribution in [1.29, 1.82) is 0 Å². The lowest BCUT2D eigenvalue weighted by Gasteiger charge is -2.30. The smallest absolute Gasteiger partial charge is 0.163 e. The van der Waals surface area contributed by atoms with Gasteiger partial charge in [0.1, 0.15) is 36.6 Å². The Bertz CT molecular complexity index is 858. The first kappa shape index (κ1) is 16.4. The molecule has 132 valence electrons. The molecular formula is C20H18N2O4. The van der Waals surface area contributed by atoms with Crippen molar-refractivity contribution in [3.63, 3.8) is 0 Å². The van der Waals surface area contributed by atoms with Crippen molar-refractivity contribution in [3.8, 4) is 17.2 Å². The minimum Gasteiger partial charge on any atom is -0.489 e. The molecular weight excluding hydrogens is 332 g/mol. The molecule has 26 heavy (non-hydrogen) atoms. The Labute approximate surface area is 151 Å². The summed E-state index contributed by atoms with van der Waals surface area (Å²) in [5.74, 6) is 1.88. The molecule has 1 aliphatic heterocycles. The van der Waals surface area contributed by atoms with Gasteiger partial charge in [0, 0.05) is 29.7 Å². The lowest BCUT2D eigenvalue weighted by molar-refractivity contribution is -0.0106. The van der Waals surface area contributed by atoms with E-state index in [1.807, 2.05) is 18.2 Å². The third-order valence-electron chi connectivity index (χ3n) is 4.11. The molecule has 6 heteroatoms. The van der Waals surface area contributed by atoms with E-state index in [9.17, 15) is 5.11 Å². The van der Waals surface area contributed by atoms with Gasteiger partial charge in [-0.25, -0.2) is 0 Å². The second kappa shape index (κ2) is 7.41. The van der Waals surface area contributed by atoms with Crippen molar-refractivity contribution in [2.75, 3.05) is 6.61 Å². The molecule has 0 unspecified atom stereocenters. The Balaban J connectivity index is 1.48. The van der Waals surface area contributed by atoms with Gasteiger partial charge >= 0.3 is 0 Å². The Morgan fingerprint density at radius 2 is 1.88 bits per heavy atom. The molecule has 0 radical (unpaired) electrons. The zero-order valence-corrected chi connectivity index (χ0v) is 14.0. The van der Waals surface area contributed by atoms with Gasteiger partial charge in [0.05, 0.1) is 6.20 Å². The van der Waals surface area contributed by atoms with E-state index in [-0.39, 0.29) is 6.61 Å². The fraction of sp³-hybridized carbons (Fsp3) is 0.200. The SMILES string of the molecule is O[C@@H]1c2cc(OCc3cccnc3)ccc2OC[C@@H]1Oc1cccnc1. The molecule has 0 saturated carbocycles. The van der Waals surface area contributed by atoms with Gasteiger partial charge in [0.2, 0.25) is 0 Å². The highest BCUT2D eigenvalue weighted by molar-refractivity contribution is 5.43. The van der Waals surface area contributed by atoms with Crippen LogP contribution in [0.4, 0.5) is 0 Å². The highest BCUT2D eigenvalue weighted by Crippen LogP contribution is 2.36. The van der Waals surface area contributed by atoms with Crippen LogP contribution in [0.25, 0.3) is 0 Å². The third-order valence-corrected chi connectivity index (χ3v) is 4.11. The molecule has 3 heterocycles. The first-order valence-electron chi connectivity index (χ1n) is 8.33. The standard InChI is InChI=1S/C20H18N2O4/c23-20-17-9-15(24-12-14-3-1-7-21-10-14)5-6-18(17)25-13-19(20)26-16-4-2-8-22-11-16/h1-11,19-20,23H,12-13H2/t19-,20+/m0/s1. The lowest BCUT2D eigenvalue weighted by Crippen LogP contribution is -2.35. The van der Waals surface area contributed by atoms with E-state index in [0.717, 1.165) is 5.56 Å². The molecule has 0 bridgehead atoms. The second-order valence-electron chi connectivity index (χ2n) is 5.95. The summed E-state index contributed by atoms with van der Waals surface area (Å²) in [5.41, 5.74) is 1.62. The van der Waals surface area contributed by atoms with E-state index in [1.54, 1.807) is 49.1 Å². The number of benzene rings is 1. The molecule has 4 rings (SSSR count). The maximum absolute atomic E-state index is 10.7. The van der Waals surface area contributed by atoms with Crippen molar-refractivity contribution < 1.29 is 19.3 Å². The first-order chi connectivity index (χ1) is 12.8. The van der Waals surface area contributed by atoms with Gasteiger partial charge in [0.15, 0.2) is 6.10 Å². The summed E-state index contributed by atoms with van der Waals surface area (Å²) in [6.45, 7) is 0.665. The highest BCUT2D eigenvalue weighted by Gasteiger charge is 2.31. The van der Waals surface area contributed by atoms with E-state index in [4.69, 9.17) is 14.2 Å². The minimum absolute atomic E-state index is 0.263. The van der Waals surface area contributed by atoms with Crippen LogP contribution >= 0.6 is 0 Å². The van der Waals surface area contributed by atoms with E-state index >= 15 is 0 Å². The molecule has 1 N–H and O–H groups in total.